The summed E-state index contributed by atoms with van der Waals surface area (Å²) in [5.74, 6) is 1.28. The van der Waals surface area contributed by atoms with E-state index in [1.165, 1.54) is 4.90 Å². The van der Waals surface area contributed by atoms with Crippen LogP contribution in [0, 0.1) is 0 Å². The van der Waals surface area contributed by atoms with Crippen LogP contribution in [-0.4, -0.2) is 63.8 Å². The Morgan fingerprint density at radius 2 is 1.96 bits per heavy atom. The van der Waals surface area contributed by atoms with E-state index in [1.54, 1.807) is 28.3 Å². The average molecular weight is 478 g/mol. The van der Waals surface area contributed by atoms with Crippen LogP contribution in [0.1, 0.15) is 19.4 Å². The van der Waals surface area contributed by atoms with Gasteiger partial charge in [0.1, 0.15) is 5.75 Å². The molecular weight excluding hydrogens is 447 g/mol. The van der Waals surface area contributed by atoms with Crippen LogP contribution in [0.5, 0.6) is 5.75 Å². The van der Waals surface area contributed by atoms with Crippen molar-refractivity contribution >= 4 is 35.8 Å². The van der Waals surface area contributed by atoms with Crippen molar-refractivity contribution in [3.05, 3.63) is 29.8 Å². The predicted molar refractivity (Wildman–Crippen MR) is 115 cm³/mol. The van der Waals surface area contributed by atoms with Crippen LogP contribution < -0.4 is 15.4 Å². The van der Waals surface area contributed by atoms with Crippen molar-refractivity contribution in [3.63, 3.8) is 0 Å². The molecule has 0 unspecified atom stereocenters. The van der Waals surface area contributed by atoms with Gasteiger partial charge in [0.2, 0.25) is 0 Å². The summed E-state index contributed by atoms with van der Waals surface area (Å²) in [7, 11) is 6.82. The SMILES string of the molecule is CN=C(NCc1cccc(OCC(=O)N(C)C)c1)NCC(C)(C)OC.I. The van der Waals surface area contributed by atoms with Gasteiger partial charge in [-0.2, -0.15) is 0 Å². The molecule has 1 aromatic rings. The molecule has 0 saturated heterocycles. The number of nitrogens with one attached hydrogen (secondary N) is 2. The van der Waals surface area contributed by atoms with Crippen molar-refractivity contribution in [3.8, 4) is 5.75 Å². The lowest BCUT2D eigenvalue weighted by Crippen LogP contribution is -2.45. The van der Waals surface area contributed by atoms with Crippen molar-refractivity contribution in [2.75, 3.05) is 41.4 Å². The number of nitrogens with zero attached hydrogens (tertiary/aromatic N) is 2. The summed E-state index contributed by atoms with van der Waals surface area (Å²) in [6.45, 7) is 5.26. The van der Waals surface area contributed by atoms with E-state index in [2.05, 4.69) is 15.6 Å². The molecule has 1 rings (SSSR count). The van der Waals surface area contributed by atoms with Crippen LogP contribution in [0.25, 0.3) is 0 Å². The molecule has 0 heterocycles. The van der Waals surface area contributed by atoms with E-state index in [0.29, 0.717) is 24.8 Å². The van der Waals surface area contributed by atoms with Crippen molar-refractivity contribution in [1.29, 1.82) is 0 Å². The maximum absolute atomic E-state index is 11.6. The lowest BCUT2D eigenvalue weighted by molar-refractivity contribution is -0.130. The van der Waals surface area contributed by atoms with E-state index in [0.717, 1.165) is 5.56 Å². The molecule has 0 aromatic heterocycles. The number of aliphatic imine (C=N–C) groups is 1. The number of carbonyl (C=O) groups is 1. The molecule has 0 atom stereocenters. The molecule has 2 N–H and O–H groups in total. The molecule has 1 aromatic carbocycles. The molecule has 0 fully saturated rings. The van der Waals surface area contributed by atoms with Crippen LogP contribution >= 0.6 is 24.0 Å². The number of hydrogen-bond acceptors (Lipinski definition) is 4. The van der Waals surface area contributed by atoms with Crippen LogP contribution in [0.15, 0.2) is 29.3 Å². The van der Waals surface area contributed by atoms with E-state index in [9.17, 15) is 4.79 Å². The van der Waals surface area contributed by atoms with Crippen molar-refractivity contribution in [1.82, 2.24) is 15.5 Å². The third-order valence-electron chi connectivity index (χ3n) is 3.68. The lowest BCUT2D eigenvalue weighted by Gasteiger charge is -2.24. The smallest absolute Gasteiger partial charge is 0.259 e. The number of likely N-dealkylation sites (N-methyl/N-ethyl adjacent to an activating group) is 1. The van der Waals surface area contributed by atoms with Crippen molar-refractivity contribution in [2.45, 2.75) is 26.0 Å². The predicted octanol–water partition coefficient (Wildman–Crippen LogP) is 1.86. The number of benzene rings is 1. The molecule has 0 saturated carbocycles. The monoisotopic (exact) mass is 478 g/mol. The highest BCUT2D eigenvalue weighted by molar-refractivity contribution is 14.0. The summed E-state index contributed by atoms with van der Waals surface area (Å²) >= 11 is 0. The molecule has 0 spiro atoms. The van der Waals surface area contributed by atoms with Gasteiger partial charge in [-0.25, -0.2) is 0 Å². The fourth-order valence-electron chi connectivity index (χ4n) is 1.79. The molecule has 0 aliphatic carbocycles. The van der Waals surface area contributed by atoms with Crippen LogP contribution in [0.4, 0.5) is 0 Å². The minimum absolute atomic E-state index is 0. The number of methoxy groups -OCH3 is 1. The molecule has 7 nitrogen and oxygen atoms in total. The highest BCUT2D eigenvalue weighted by atomic mass is 127. The summed E-state index contributed by atoms with van der Waals surface area (Å²) in [5, 5.41) is 6.48. The van der Waals surface area contributed by atoms with Gasteiger partial charge in [-0.15, -0.1) is 24.0 Å². The standard InChI is InChI=1S/C18H30N4O3.HI/c1-18(2,24-6)13-21-17(19-3)20-11-14-8-7-9-15(10-14)25-12-16(23)22(4)5;/h7-10H,11-13H2,1-6H3,(H2,19,20,21);1H. The van der Waals surface area contributed by atoms with Gasteiger partial charge in [0.15, 0.2) is 12.6 Å². The maximum Gasteiger partial charge on any atom is 0.259 e. The highest BCUT2D eigenvalue weighted by Gasteiger charge is 2.16. The summed E-state index contributed by atoms with van der Waals surface area (Å²) in [6.07, 6.45) is 0. The molecule has 0 bridgehead atoms. The van der Waals surface area contributed by atoms with Gasteiger partial charge in [0.05, 0.1) is 5.60 Å². The van der Waals surface area contributed by atoms with E-state index >= 15 is 0 Å². The Morgan fingerprint density at radius 1 is 1.27 bits per heavy atom. The van der Waals surface area contributed by atoms with E-state index < -0.39 is 0 Å². The Kier molecular flexibility index (Phi) is 11.2. The molecule has 26 heavy (non-hydrogen) atoms. The minimum atomic E-state index is -0.273. The summed E-state index contributed by atoms with van der Waals surface area (Å²) < 4.78 is 10.9. The summed E-state index contributed by atoms with van der Waals surface area (Å²) in [5.41, 5.74) is 0.758. The van der Waals surface area contributed by atoms with Gasteiger partial charge in [-0.05, 0) is 31.5 Å². The average Bonchev–Trinajstić information content (AvgIpc) is 2.60. The van der Waals surface area contributed by atoms with Gasteiger partial charge in [0.25, 0.3) is 5.91 Å². The minimum Gasteiger partial charge on any atom is -0.484 e. The number of rotatable bonds is 8. The van der Waals surface area contributed by atoms with Gasteiger partial charge in [-0.3, -0.25) is 9.79 Å². The Hall–Kier alpha value is -1.55. The highest BCUT2D eigenvalue weighted by Crippen LogP contribution is 2.13. The first-order valence-electron chi connectivity index (χ1n) is 8.19. The summed E-state index contributed by atoms with van der Waals surface area (Å²) in [6, 6.07) is 7.62. The Bertz CT molecular complexity index is 592. The van der Waals surface area contributed by atoms with E-state index in [4.69, 9.17) is 9.47 Å². The first-order valence-corrected chi connectivity index (χ1v) is 8.19. The lowest BCUT2D eigenvalue weighted by atomic mass is 10.1. The second-order valence-electron chi connectivity index (χ2n) is 6.47. The normalized spacial score (nSPS) is 11.4. The topological polar surface area (TPSA) is 75.2 Å². The second-order valence-corrected chi connectivity index (χ2v) is 6.47. The quantitative estimate of drug-likeness (QED) is 0.339. The second kappa shape index (κ2) is 11.9. The number of amides is 1. The Morgan fingerprint density at radius 3 is 2.54 bits per heavy atom. The number of carbonyl (C=O) groups excluding carboxylic acids is 1. The van der Waals surface area contributed by atoms with Gasteiger partial charge in [-0.1, -0.05) is 12.1 Å². The van der Waals surface area contributed by atoms with Crippen LogP contribution in [0.3, 0.4) is 0 Å². The number of halogens is 1. The third kappa shape index (κ3) is 9.23. The summed E-state index contributed by atoms with van der Waals surface area (Å²) in [4.78, 5) is 17.3. The molecule has 8 heteroatoms. The molecule has 0 aliphatic heterocycles. The number of ether oxygens (including phenoxy) is 2. The molecule has 148 valence electrons. The zero-order valence-electron chi connectivity index (χ0n) is 16.5. The van der Waals surface area contributed by atoms with Gasteiger partial charge < -0.3 is 25.0 Å². The van der Waals surface area contributed by atoms with Crippen molar-refractivity contribution < 1.29 is 14.3 Å². The first kappa shape index (κ1) is 24.5. The Balaban J connectivity index is 0.00000625. The third-order valence-corrected chi connectivity index (χ3v) is 3.68. The fraction of sp³-hybridized carbons (Fsp3) is 0.556. The number of guanidine groups is 1. The van der Waals surface area contributed by atoms with E-state index in [1.807, 2.05) is 38.1 Å². The zero-order chi connectivity index (χ0) is 18.9. The largest absolute Gasteiger partial charge is 0.484 e. The first-order chi connectivity index (χ1) is 11.8. The fourth-order valence-corrected chi connectivity index (χ4v) is 1.79. The zero-order valence-corrected chi connectivity index (χ0v) is 18.8. The number of hydrogen-bond donors (Lipinski definition) is 2. The molecule has 0 aliphatic rings. The molecule has 0 radical (unpaired) electrons. The van der Waals surface area contributed by atoms with E-state index in [-0.39, 0.29) is 42.1 Å². The molecular formula is C18H31IN4O3. The van der Waals surface area contributed by atoms with Gasteiger partial charge in [0, 0.05) is 41.3 Å². The molecule has 1 amide bonds. The maximum atomic E-state index is 11.6. The Labute approximate surface area is 173 Å². The van der Waals surface area contributed by atoms with Crippen LogP contribution in [0.2, 0.25) is 0 Å². The van der Waals surface area contributed by atoms with Crippen molar-refractivity contribution in [2.24, 2.45) is 4.99 Å². The van der Waals surface area contributed by atoms with Crippen LogP contribution in [-0.2, 0) is 16.1 Å². The van der Waals surface area contributed by atoms with Gasteiger partial charge >= 0.3 is 0 Å².